The Bertz CT molecular complexity index is 318. The molecule has 1 spiro atoms. The largest absolute Gasteiger partial charge is 0.378 e. The Morgan fingerprint density at radius 1 is 1.29 bits per heavy atom. The van der Waals surface area contributed by atoms with Crippen molar-refractivity contribution in [3.63, 3.8) is 0 Å². The molecule has 3 heteroatoms. The standard InChI is InChI=1S/C18H35NO2/c1-6-19-16(11-14(2)17(3,4)5)15-7-9-21-18(12-15)8-10-20-13-18/h14-16,19H,6-13H2,1-5H3. The zero-order chi connectivity index (χ0) is 15.5. The fourth-order valence-corrected chi connectivity index (χ4v) is 3.71. The third-order valence-electron chi connectivity index (χ3n) is 5.72. The van der Waals surface area contributed by atoms with Gasteiger partial charge in [0.15, 0.2) is 0 Å². The molecule has 2 saturated heterocycles. The highest BCUT2D eigenvalue weighted by Crippen LogP contribution is 2.39. The van der Waals surface area contributed by atoms with Crippen LogP contribution in [-0.4, -0.2) is 38.0 Å². The molecule has 2 aliphatic rings. The molecule has 0 saturated carbocycles. The molecule has 2 rings (SSSR count). The van der Waals surface area contributed by atoms with Gasteiger partial charge in [-0.2, -0.15) is 0 Å². The van der Waals surface area contributed by atoms with E-state index in [4.69, 9.17) is 9.47 Å². The Kier molecular flexibility index (Phi) is 5.72. The lowest BCUT2D eigenvalue weighted by molar-refractivity contribution is -0.104. The van der Waals surface area contributed by atoms with E-state index in [9.17, 15) is 0 Å². The predicted molar refractivity (Wildman–Crippen MR) is 87.5 cm³/mol. The van der Waals surface area contributed by atoms with Gasteiger partial charge >= 0.3 is 0 Å². The van der Waals surface area contributed by atoms with Gasteiger partial charge in [0, 0.05) is 25.7 Å². The molecule has 0 aromatic carbocycles. The molecule has 0 aromatic heterocycles. The number of ether oxygens (including phenoxy) is 2. The van der Waals surface area contributed by atoms with Crippen LogP contribution in [0.25, 0.3) is 0 Å². The van der Waals surface area contributed by atoms with Crippen LogP contribution in [0.1, 0.15) is 60.3 Å². The minimum Gasteiger partial charge on any atom is -0.378 e. The average Bonchev–Trinajstić information content (AvgIpc) is 2.85. The highest BCUT2D eigenvalue weighted by molar-refractivity contribution is 4.94. The van der Waals surface area contributed by atoms with Gasteiger partial charge in [-0.25, -0.2) is 0 Å². The second kappa shape index (κ2) is 6.97. The van der Waals surface area contributed by atoms with E-state index in [1.165, 1.54) is 19.3 Å². The Morgan fingerprint density at radius 3 is 2.62 bits per heavy atom. The van der Waals surface area contributed by atoms with Crippen LogP contribution in [0.15, 0.2) is 0 Å². The van der Waals surface area contributed by atoms with Crippen LogP contribution in [0.4, 0.5) is 0 Å². The minimum absolute atomic E-state index is 0.0293. The molecule has 0 aliphatic carbocycles. The van der Waals surface area contributed by atoms with Crippen molar-refractivity contribution in [3.05, 3.63) is 0 Å². The zero-order valence-electron chi connectivity index (χ0n) is 14.7. The molecule has 21 heavy (non-hydrogen) atoms. The first-order valence-corrected chi connectivity index (χ1v) is 8.81. The van der Waals surface area contributed by atoms with Crippen molar-refractivity contribution in [2.24, 2.45) is 17.3 Å². The summed E-state index contributed by atoms with van der Waals surface area (Å²) >= 11 is 0. The maximum absolute atomic E-state index is 6.10. The van der Waals surface area contributed by atoms with E-state index in [-0.39, 0.29) is 5.60 Å². The molecule has 4 unspecified atom stereocenters. The second-order valence-electron chi connectivity index (χ2n) is 8.25. The third kappa shape index (κ3) is 4.43. The maximum atomic E-state index is 6.10. The van der Waals surface area contributed by atoms with Crippen molar-refractivity contribution in [2.45, 2.75) is 71.9 Å². The summed E-state index contributed by atoms with van der Waals surface area (Å²) in [5.41, 5.74) is 0.411. The molecule has 124 valence electrons. The van der Waals surface area contributed by atoms with Gasteiger partial charge < -0.3 is 14.8 Å². The Labute approximate surface area is 131 Å². The van der Waals surface area contributed by atoms with E-state index in [1.807, 2.05) is 0 Å². The number of hydrogen-bond acceptors (Lipinski definition) is 3. The highest BCUT2D eigenvalue weighted by Gasteiger charge is 2.43. The molecule has 2 fully saturated rings. The molecule has 2 aliphatic heterocycles. The fourth-order valence-electron chi connectivity index (χ4n) is 3.71. The maximum Gasteiger partial charge on any atom is 0.0939 e. The van der Waals surface area contributed by atoms with Crippen LogP contribution < -0.4 is 5.32 Å². The van der Waals surface area contributed by atoms with Crippen LogP contribution >= 0.6 is 0 Å². The van der Waals surface area contributed by atoms with E-state index in [0.29, 0.717) is 11.5 Å². The lowest BCUT2D eigenvalue weighted by Gasteiger charge is -2.42. The Morgan fingerprint density at radius 2 is 2.05 bits per heavy atom. The molecule has 0 aromatic rings. The van der Waals surface area contributed by atoms with Gasteiger partial charge in [-0.15, -0.1) is 0 Å². The smallest absolute Gasteiger partial charge is 0.0939 e. The van der Waals surface area contributed by atoms with Crippen LogP contribution in [0.3, 0.4) is 0 Å². The normalized spacial score (nSPS) is 33.3. The average molecular weight is 297 g/mol. The monoisotopic (exact) mass is 297 g/mol. The zero-order valence-corrected chi connectivity index (χ0v) is 14.7. The van der Waals surface area contributed by atoms with Gasteiger partial charge in [-0.1, -0.05) is 34.6 Å². The highest BCUT2D eigenvalue weighted by atomic mass is 16.6. The van der Waals surface area contributed by atoms with Crippen LogP contribution in [0.2, 0.25) is 0 Å². The Hall–Kier alpha value is -0.120. The lowest BCUT2D eigenvalue weighted by atomic mass is 9.73. The number of rotatable bonds is 5. The summed E-state index contributed by atoms with van der Waals surface area (Å²) in [6.45, 7) is 15.3. The lowest BCUT2D eigenvalue weighted by Crippen LogP contribution is -2.48. The van der Waals surface area contributed by atoms with E-state index < -0.39 is 0 Å². The molecule has 0 radical (unpaired) electrons. The minimum atomic E-state index is 0.0293. The summed E-state index contributed by atoms with van der Waals surface area (Å²) in [6, 6.07) is 0.616. The van der Waals surface area contributed by atoms with E-state index in [1.54, 1.807) is 0 Å². The summed E-state index contributed by atoms with van der Waals surface area (Å²) in [7, 11) is 0. The molecule has 3 nitrogen and oxygen atoms in total. The van der Waals surface area contributed by atoms with Crippen molar-refractivity contribution >= 4 is 0 Å². The van der Waals surface area contributed by atoms with Crippen molar-refractivity contribution < 1.29 is 9.47 Å². The Balaban J connectivity index is 2.00. The first-order valence-electron chi connectivity index (χ1n) is 8.81. The van der Waals surface area contributed by atoms with Crippen LogP contribution in [-0.2, 0) is 9.47 Å². The second-order valence-corrected chi connectivity index (χ2v) is 8.25. The number of nitrogens with one attached hydrogen (secondary N) is 1. The molecule has 1 N–H and O–H groups in total. The SMILES string of the molecule is CCNC(CC(C)C(C)(C)C)C1CCOC2(CCOC2)C1. The van der Waals surface area contributed by atoms with Gasteiger partial charge in [0.1, 0.15) is 0 Å². The first-order chi connectivity index (χ1) is 9.86. The fraction of sp³-hybridized carbons (Fsp3) is 1.00. The molecular weight excluding hydrogens is 262 g/mol. The third-order valence-corrected chi connectivity index (χ3v) is 5.72. The van der Waals surface area contributed by atoms with Crippen LogP contribution in [0.5, 0.6) is 0 Å². The summed E-state index contributed by atoms with van der Waals surface area (Å²) in [4.78, 5) is 0. The molecular formula is C18H35NO2. The van der Waals surface area contributed by atoms with Gasteiger partial charge in [0.05, 0.1) is 12.2 Å². The topological polar surface area (TPSA) is 30.5 Å². The number of hydrogen-bond donors (Lipinski definition) is 1. The van der Waals surface area contributed by atoms with Crippen molar-refractivity contribution in [1.29, 1.82) is 0 Å². The molecule has 0 amide bonds. The molecule has 4 atom stereocenters. The molecule has 2 heterocycles. The van der Waals surface area contributed by atoms with Crippen molar-refractivity contribution in [1.82, 2.24) is 5.32 Å². The van der Waals surface area contributed by atoms with Gasteiger partial charge in [-0.05, 0) is 43.1 Å². The van der Waals surface area contributed by atoms with Gasteiger partial charge in [-0.3, -0.25) is 0 Å². The van der Waals surface area contributed by atoms with E-state index in [0.717, 1.165) is 44.6 Å². The molecule has 0 bridgehead atoms. The summed E-state index contributed by atoms with van der Waals surface area (Å²) < 4.78 is 11.7. The summed E-state index contributed by atoms with van der Waals surface area (Å²) in [5.74, 6) is 1.45. The van der Waals surface area contributed by atoms with E-state index >= 15 is 0 Å². The first kappa shape index (κ1) is 17.2. The van der Waals surface area contributed by atoms with Crippen LogP contribution in [0, 0.1) is 17.3 Å². The van der Waals surface area contributed by atoms with Crippen molar-refractivity contribution in [2.75, 3.05) is 26.4 Å². The van der Waals surface area contributed by atoms with Gasteiger partial charge in [0.2, 0.25) is 0 Å². The van der Waals surface area contributed by atoms with Crippen molar-refractivity contribution in [3.8, 4) is 0 Å². The predicted octanol–water partition coefficient (Wildman–Crippen LogP) is 3.62. The van der Waals surface area contributed by atoms with E-state index in [2.05, 4.69) is 39.9 Å². The quantitative estimate of drug-likeness (QED) is 0.840. The summed E-state index contributed by atoms with van der Waals surface area (Å²) in [5, 5.41) is 3.77. The summed E-state index contributed by atoms with van der Waals surface area (Å²) in [6.07, 6.45) is 4.70. The van der Waals surface area contributed by atoms with Gasteiger partial charge in [0.25, 0.3) is 0 Å².